The van der Waals surface area contributed by atoms with Crippen LogP contribution in [0.3, 0.4) is 0 Å². The molecule has 0 aliphatic carbocycles. The Morgan fingerprint density at radius 3 is 1.20 bits per heavy atom. The van der Waals surface area contributed by atoms with E-state index < -0.39 is 0 Å². The van der Waals surface area contributed by atoms with Crippen LogP contribution in [0, 0.1) is 0 Å². The molecule has 1 aromatic heterocycles. The van der Waals surface area contributed by atoms with Gasteiger partial charge >= 0.3 is 0 Å². The number of para-hydroxylation sites is 1. The Bertz CT molecular complexity index is 2850. The van der Waals surface area contributed by atoms with Crippen molar-refractivity contribution in [3.8, 4) is 55.6 Å². The van der Waals surface area contributed by atoms with Crippen molar-refractivity contribution in [3.05, 3.63) is 224 Å². The third-order valence-corrected chi connectivity index (χ3v) is 10.7. The van der Waals surface area contributed by atoms with Crippen molar-refractivity contribution in [2.75, 3.05) is 4.90 Å². The van der Waals surface area contributed by atoms with E-state index in [0.29, 0.717) is 0 Å². The maximum Gasteiger partial charge on any atom is 0.135 e. The molecule has 264 valence electrons. The summed E-state index contributed by atoms with van der Waals surface area (Å²) >= 11 is 0. The number of hydrogen-bond acceptors (Lipinski definition) is 2. The summed E-state index contributed by atoms with van der Waals surface area (Å²) in [6.07, 6.45) is 0. The second kappa shape index (κ2) is 14.4. The molecule has 0 amide bonds. The molecule has 0 aliphatic rings. The van der Waals surface area contributed by atoms with E-state index in [2.05, 4.69) is 217 Å². The molecule has 10 aromatic rings. The second-order valence-corrected chi connectivity index (χ2v) is 14.1. The van der Waals surface area contributed by atoms with Gasteiger partial charge in [0.2, 0.25) is 0 Å². The summed E-state index contributed by atoms with van der Waals surface area (Å²) in [5.74, 6) is 0. The van der Waals surface area contributed by atoms with Crippen molar-refractivity contribution in [2.24, 2.45) is 0 Å². The molecule has 2 nitrogen and oxygen atoms in total. The molecule has 0 fully saturated rings. The summed E-state index contributed by atoms with van der Waals surface area (Å²) in [5, 5.41) is 2.19. The van der Waals surface area contributed by atoms with Gasteiger partial charge in [0.15, 0.2) is 0 Å². The van der Waals surface area contributed by atoms with Crippen LogP contribution >= 0.6 is 0 Å². The van der Waals surface area contributed by atoms with E-state index in [4.69, 9.17) is 4.42 Å². The summed E-state index contributed by atoms with van der Waals surface area (Å²) < 4.78 is 6.33. The molecule has 0 bridgehead atoms. The lowest BCUT2D eigenvalue weighted by atomic mass is 9.89. The van der Waals surface area contributed by atoms with Crippen LogP contribution in [0.4, 0.5) is 17.1 Å². The average Bonchev–Trinajstić information content (AvgIpc) is 3.66. The molecule has 56 heavy (non-hydrogen) atoms. The van der Waals surface area contributed by atoms with Gasteiger partial charge in [0.1, 0.15) is 11.2 Å². The quantitative estimate of drug-likeness (QED) is 0.156. The third kappa shape index (κ3) is 6.24. The monoisotopic (exact) mass is 715 g/mol. The number of anilines is 3. The Balaban J connectivity index is 1.21. The Hall–Kier alpha value is -7.42. The van der Waals surface area contributed by atoms with Crippen molar-refractivity contribution in [3.63, 3.8) is 0 Å². The second-order valence-electron chi connectivity index (χ2n) is 14.1. The molecule has 0 unspecified atom stereocenters. The zero-order valence-electron chi connectivity index (χ0n) is 30.7. The maximum atomic E-state index is 6.33. The highest BCUT2D eigenvalue weighted by atomic mass is 16.3. The minimum absolute atomic E-state index is 0.871. The first-order chi connectivity index (χ1) is 27.8. The van der Waals surface area contributed by atoms with Crippen LogP contribution in [0.2, 0.25) is 0 Å². The van der Waals surface area contributed by atoms with Crippen molar-refractivity contribution in [1.82, 2.24) is 0 Å². The highest BCUT2D eigenvalue weighted by Gasteiger charge is 2.24. The Morgan fingerprint density at radius 2 is 0.661 bits per heavy atom. The molecule has 2 heteroatoms. The molecule has 0 saturated heterocycles. The normalized spacial score (nSPS) is 11.2. The van der Waals surface area contributed by atoms with Crippen LogP contribution in [0.1, 0.15) is 0 Å². The summed E-state index contributed by atoms with van der Waals surface area (Å²) in [6, 6.07) is 80.2. The zero-order valence-corrected chi connectivity index (χ0v) is 30.7. The highest BCUT2D eigenvalue weighted by Crippen LogP contribution is 2.49. The first-order valence-corrected chi connectivity index (χ1v) is 19.1. The SMILES string of the molecule is c1ccc(-c2ccc(-c3ccc(N(c4ccc5oc6ccccc6c5c4)c4c(-c5ccccc5)cc(-c5ccccc5)cc4-c4ccccc4)cc3)cc2)cc1. The first kappa shape index (κ1) is 33.2. The number of benzene rings is 9. The molecule has 0 spiro atoms. The molecule has 10 rings (SSSR count). The van der Waals surface area contributed by atoms with Gasteiger partial charge in [-0.05, 0) is 93.0 Å². The van der Waals surface area contributed by atoms with Crippen LogP contribution in [0.5, 0.6) is 0 Å². The number of furan rings is 1. The van der Waals surface area contributed by atoms with E-state index >= 15 is 0 Å². The number of rotatable bonds is 8. The van der Waals surface area contributed by atoms with Gasteiger partial charge in [-0.3, -0.25) is 0 Å². The van der Waals surface area contributed by atoms with Gasteiger partial charge < -0.3 is 9.32 Å². The van der Waals surface area contributed by atoms with E-state index in [-0.39, 0.29) is 0 Å². The standard InChI is InChI=1S/C54H37NO/c1-5-15-38(16-6-1)40-25-27-41(28-26-40)42-29-31-46(32-30-42)55(47-33-34-53-51(37-47)48-23-13-14-24-52(48)56-53)54-49(43-19-9-3-10-20-43)35-45(39-17-7-2-8-18-39)36-50(54)44-21-11-4-12-22-44/h1-37H. The Labute approximate surface area is 327 Å². The minimum Gasteiger partial charge on any atom is -0.456 e. The van der Waals surface area contributed by atoms with Gasteiger partial charge in [-0.25, -0.2) is 0 Å². The van der Waals surface area contributed by atoms with Crippen molar-refractivity contribution >= 4 is 39.0 Å². The highest BCUT2D eigenvalue weighted by molar-refractivity contribution is 6.08. The topological polar surface area (TPSA) is 16.4 Å². The number of nitrogens with zero attached hydrogens (tertiary/aromatic N) is 1. The van der Waals surface area contributed by atoms with Crippen LogP contribution in [-0.2, 0) is 0 Å². The summed E-state index contributed by atoms with van der Waals surface area (Å²) in [6.45, 7) is 0. The lowest BCUT2D eigenvalue weighted by molar-refractivity contribution is 0.669. The Morgan fingerprint density at radius 1 is 0.268 bits per heavy atom. The predicted octanol–water partition coefficient (Wildman–Crippen LogP) is 15.4. The van der Waals surface area contributed by atoms with Gasteiger partial charge in [-0.1, -0.05) is 176 Å². The van der Waals surface area contributed by atoms with E-state index in [9.17, 15) is 0 Å². The fourth-order valence-electron chi connectivity index (χ4n) is 7.90. The van der Waals surface area contributed by atoms with Gasteiger partial charge in [0.25, 0.3) is 0 Å². The smallest absolute Gasteiger partial charge is 0.135 e. The molecule has 0 radical (unpaired) electrons. The van der Waals surface area contributed by atoms with Gasteiger partial charge in [-0.15, -0.1) is 0 Å². The summed E-state index contributed by atoms with van der Waals surface area (Å²) in [7, 11) is 0. The van der Waals surface area contributed by atoms with Crippen LogP contribution in [0.15, 0.2) is 229 Å². The largest absolute Gasteiger partial charge is 0.456 e. The van der Waals surface area contributed by atoms with Gasteiger partial charge in [-0.2, -0.15) is 0 Å². The average molecular weight is 716 g/mol. The van der Waals surface area contributed by atoms with Gasteiger partial charge in [0, 0.05) is 33.3 Å². The first-order valence-electron chi connectivity index (χ1n) is 19.1. The molecule has 0 aliphatic heterocycles. The van der Waals surface area contributed by atoms with Gasteiger partial charge in [0.05, 0.1) is 5.69 Å². The van der Waals surface area contributed by atoms with Crippen molar-refractivity contribution < 1.29 is 4.42 Å². The minimum atomic E-state index is 0.871. The van der Waals surface area contributed by atoms with Crippen molar-refractivity contribution in [2.45, 2.75) is 0 Å². The lowest BCUT2D eigenvalue weighted by Crippen LogP contribution is -2.13. The molecule has 0 saturated carbocycles. The molecule has 0 N–H and O–H groups in total. The van der Waals surface area contributed by atoms with Crippen LogP contribution in [0.25, 0.3) is 77.6 Å². The summed E-state index contributed by atoms with van der Waals surface area (Å²) in [4.78, 5) is 2.43. The van der Waals surface area contributed by atoms with E-state index in [0.717, 1.165) is 72.4 Å². The Kier molecular flexibility index (Phi) is 8.55. The molecule has 9 aromatic carbocycles. The molecule has 0 atom stereocenters. The fourth-order valence-corrected chi connectivity index (χ4v) is 7.90. The van der Waals surface area contributed by atoms with Crippen LogP contribution < -0.4 is 4.90 Å². The van der Waals surface area contributed by atoms with Crippen molar-refractivity contribution in [1.29, 1.82) is 0 Å². The van der Waals surface area contributed by atoms with E-state index in [1.807, 2.05) is 12.1 Å². The molecular weight excluding hydrogens is 679 g/mol. The van der Waals surface area contributed by atoms with Crippen LogP contribution in [-0.4, -0.2) is 0 Å². The lowest BCUT2D eigenvalue weighted by Gasteiger charge is -2.31. The predicted molar refractivity (Wildman–Crippen MR) is 236 cm³/mol. The number of hydrogen-bond donors (Lipinski definition) is 0. The fraction of sp³-hybridized carbons (Fsp3) is 0. The number of fused-ring (bicyclic) bond motifs is 3. The molecular formula is C54H37NO. The van der Waals surface area contributed by atoms with E-state index in [1.165, 1.54) is 22.3 Å². The van der Waals surface area contributed by atoms with E-state index in [1.54, 1.807) is 0 Å². The molecule has 1 heterocycles. The maximum absolute atomic E-state index is 6.33. The zero-order chi connectivity index (χ0) is 37.3. The third-order valence-electron chi connectivity index (χ3n) is 10.7. The summed E-state index contributed by atoms with van der Waals surface area (Å²) in [5.41, 5.74) is 16.6.